The SMILES string of the molecule is O=[N+]([O-])c1ccc(C(F)(F)C(F)(F)F)c(OC[C@H](O)CN2CCCC2)c1. The molecule has 1 aliphatic heterocycles. The highest BCUT2D eigenvalue weighted by molar-refractivity contribution is 5.46. The number of nitro benzene ring substituents is 1. The number of hydrogen-bond acceptors (Lipinski definition) is 5. The molecular formula is C15H17F5N2O4. The lowest BCUT2D eigenvalue weighted by Crippen LogP contribution is -2.35. The third-order valence-corrected chi connectivity index (χ3v) is 3.97. The quantitative estimate of drug-likeness (QED) is 0.444. The molecule has 1 aromatic rings. The van der Waals surface area contributed by atoms with Crippen LogP contribution in [0.2, 0.25) is 0 Å². The Morgan fingerprint density at radius 1 is 1.23 bits per heavy atom. The number of likely N-dealkylation sites (tertiary alicyclic amines) is 1. The van der Waals surface area contributed by atoms with Crippen LogP contribution in [0, 0.1) is 10.1 Å². The van der Waals surface area contributed by atoms with Gasteiger partial charge in [-0.05, 0) is 32.0 Å². The third-order valence-electron chi connectivity index (χ3n) is 3.97. The van der Waals surface area contributed by atoms with Gasteiger partial charge < -0.3 is 14.7 Å². The van der Waals surface area contributed by atoms with Crippen LogP contribution >= 0.6 is 0 Å². The van der Waals surface area contributed by atoms with E-state index in [2.05, 4.69) is 0 Å². The first kappa shape index (κ1) is 20.3. The number of nitrogens with zero attached hydrogens (tertiary/aromatic N) is 2. The van der Waals surface area contributed by atoms with Crippen molar-refractivity contribution in [2.45, 2.75) is 31.0 Å². The van der Waals surface area contributed by atoms with Gasteiger partial charge >= 0.3 is 12.1 Å². The Morgan fingerprint density at radius 3 is 2.38 bits per heavy atom. The van der Waals surface area contributed by atoms with Gasteiger partial charge in [-0.3, -0.25) is 10.1 Å². The Labute approximate surface area is 145 Å². The van der Waals surface area contributed by atoms with E-state index < -0.39 is 46.7 Å². The fourth-order valence-corrected chi connectivity index (χ4v) is 2.66. The molecule has 1 fully saturated rings. The molecule has 1 heterocycles. The van der Waals surface area contributed by atoms with E-state index in [0.29, 0.717) is 18.2 Å². The van der Waals surface area contributed by atoms with E-state index in [9.17, 15) is 37.2 Å². The fraction of sp³-hybridized carbons (Fsp3) is 0.600. The Balaban J connectivity index is 2.20. The topological polar surface area (TPSA) is 75.8 Å². The molecule has 11 heteroatoms. The molecular weight excluding hydrogens is 367 g/mol. The molecule has 0 amide bonds. The van der Waals surface area contributed by atoms with Gasteiger partial charge in [-0.25, -0.2) is 0 Å². The number of nitro groups is 1. The molecule has 0 spiro atoms. The van der Waals surface area contributed by atoms with Crippen molar-refractivity contribution in [1.82, 2.24) is 4.90 Å². The maximum atomic E-state index is 13.7. The predicted molar refractivity (Wildman–Crippen MR) is 80.2 cm³/mol. The molecule has 2 rings (SSSR count). The van der Waals surface area contributed by atoms with Crippen molar-refractivity contribution in [2.75, 3.05) is 26.2 Å². The second-order valence-electron chi connectivity index (χ2n) is 5.98. The Hall–Kier alpha value is -2.01. The Bertz CT molecular complexity index is 647. The number of hydrogen-bond donors (Lipinski definition) is 1. The average Bonchev–Trinajstić information content (AvgIpc) is 3.04. The van der Waals surface area contributed by atoms with Crippen LogP contribution in [0.1, 0.15) is 18.4 Å². The summed E-state index contributed by atoms with van der Waals surface area (Å²) in [5.41, 5.74) is -2.24. The molecule has 0 unspecified atom stereocenters. The van der Waals surface area contributed by atoms with E-state index in [1.807, 2.05) is 4.90 Å². The van der Waals surface area contributed by atoms with Crippen molar-refractivity contribution in [3.05, 3.63) is 33.9 Å². The van der Waals surface area contributed by atoms with Crippen LogP contribution < -0.4 is 4.74 Å². The summed E-state index contributed by atoms with van der Waals surface area (Å²) in [7, 11) is 0. The van der Waals surface area contributed by atoms with Gasteiger partial charge in [-0.1, -0.05) is 0 Å². The predicted octanol–water partition coefficient (Wildman–Crippen LogP) is 3.08. The normalized spacial score (nSPS) is 17.3. The van der Waals surface area contributed by atoms with Crippen molar-refractivity contribution in [3.8, 4) is 5.75 Å². The largest absolute Gasteiger partial charge is 0.490 e. The summed E-state index contributed by atoms with van der Waals surface area (Å²) < 4.78 is 70.1. The minimum atomic E-state index is -5.89. The van der Waals surface area contributed by atoms with Crippen molar-refractivity contribution in [2.24, 2.45) is 0 Å². The van der Waals surface area contributed by atoms with Crippen molar-refractivity contribution >= 4 is 5.69 Å². The van der Waals surface area contributed by atoms with E-state index in [1.54, 1.807) is 0 Å². The van der Waals surface area contributed by atoms with Crippen molar-refractivity contribution in [1.29, 1.82) is 0 Å². The highest BCUT2D eigenvalue weighted by Crippen LogP contribution is 2.47. The molecule has 0 radical (unpaired) electrons. The summed E-state index contributed by atoms with van der Waals surface area (Å²) in [6.07, 6.45) is -5.14. The first-order chi connectivity index (χ1) is 12.0. The number of aliphatic hydroxyl groups is 1. The molecule has 1 atom stereocenters. The van der Waals surface area contributed by atoms with E-state index in [4.69, 9.17) is 4.74 Å². The second-order valence-corrected chi connectivity index (χ2v) is 5.98. The van der Waals surface area contributed by atoms with E-state index in [1.165, 1.54) is 0 Å². The number of non-ortho nitro benzene ring substituents is 1. The second kappa shape index (κ2) is 7.70. The van der Waals surface area contributed by atoms with Gasteiger partial charge in [-0.2, -0.15) is 22.0 Å². The first-order valence-electron chi connectivity index (χ1n) is 7.79. The molecule has 1 aromatic carbocycles. The van der Waals surface area contributed by atoms with Crippen LogP contribution in [0.5, 0.6) is 5.75 Å². The lowest BCUT2D eigenvalue weighted by molar-refractivity contribution is -0.385. The fourth-order valence-electron chi connectivity index (χ4n) is 2.66. The van der Waals surface area contributed by atoms with Crippen LogP contribution in [-0.4, -0.2) is 53.5 Å². The number of aliphatic hydroxyl groups excluding tert-OH is 1. The molecule has 1 saturated heterocycles. The van der Waals surface area contributed by atoms with Crippen LogP contribution in [-0.2, 0) is 5.92 Å². The number of β-amino-alcohol motifs (C(OH)–C–C–N with tert-alkyl or cyclic N) is 1. The molecule has 0 aliphatic carbocycles. The van der Waals surface area contributed by atoms with Crippen molar-refractivity contribution in [3.63, 3.8) is 0 Å². The maximum absolute atomic E-state index is 13.7. The molecule has 0 saturated carbocycles. The molecule has 146 valence electrons. The zero-order valence-electron chi connectivity index (χ0n) is 13.5. The summed E-state index contributed by atoms with van der Waals surface area (Å²) >= 11 is 0. The van der Waals surface area contributed by atoms with Gasteiger partial charge in [0.05, 0.1) is 16.6 Å². The van der Waals surface area contributed by atoms with Crippen LogP contribution in [0.25, 0.3) is 0 Å². The molecule has 0 bridgehead atoms. The first-order valence-corrected chi connectivity index (χ1v) is 7.79. The van der Waals surface area contributed by atoms with E-state index in [0.717, 1.165) is 25.9 Å². The van der Waals surface area contributed by atoms with Crippen LogP contribution in [0.3, 0.4) is 0 Å². The van der Waals surface area contributed by atoms with Crippen molar-refractivity contribution < 1.29 is 36.7 Å². The summed E-state index contributed by atoms with van der Waals surface area (Å²) in [4.78, 5) is 11.7. The zero-order valence-corrected chi connectivity index (χ0v) is 13.5. The number of halogens is 5. The Morgan fingerprint density at radius 2 is 1.85 bits per heavy atom. The molecule has 26 heavy (non-hydrogen) atoms. The van der Waals surface area contributed by atoms with Gasteiger partial charge in [0.15, 0.2) is 0 Å². The molecule has 0 aromatic heterocycles. The summed E-state index contributed by atoms with van der Waals surface area (Å²) in [6, 6.07) is 1.36. The number of ether oxygens (including phenoxy) is 1. The third kappa shape index (κ3) is 4.58. The van der Waals surface area contributed by atoms with E-state index in [-0.39, 0.29) is 6.54 Å². The van der Waals surface area contributed by atoms with Crippen LogP contribution in [0.4, 0.5) is 27.6 Å². The van der Waals surface area contributed by atoms with Crippen LogP contribution in [0.15, 0.2) is 18.2 Å². The monoisotopic (exact) mass is 384 g/mol. The van der Waals surface area contributed by atoms with Gasteiger partial charge in [0.2, 0.25) is 0 Å². The van der Waals surface area contributed by atoms with Gasteiger partial charge in [0.25, 0.3) is 5.69 Å². The minimum Gasteiger partial charge on any atom is -0.490 e. The molecule has 1 N–H and O–H groups in total. The zero-order chi connectivity index (χ0) is 19.5. The van der Waals surface area contributed by atoms with Gasteiger partial charge in [0.1, 0.15) is 18.5 Å². The van der Waals surface area contributed by atoms with E-state index >= 15 is 0 Å². The minimum absolute atomic E-state index is 0.167. The average molecular weight is 384 g/mol. The summed E-state index contributed by atoms with van der Waals surface area (Å²) in [5.74, 6) is -6.24. The molecule has 6 nitrogen and oxygen atoms in total. The number of benzene rings is 1. The number of alkyl halides is 5. The number of rotatable bonds is 7. The maximum Gasteiger partial charge on any atom is 0.458 e. The van der Waals surface area contributed by atoms with Gasteiger partial charge in [0, 0.05) is 12.6 Å². The highest BCUT2D eigenvalue weighted by Gasteiger charge is 2.60. The lowest BCUT2D eigenvalue weighted by Gasteiger charge is -2.24. The smallest absolute Gasteiger partial charge is 0.458 e. The van der Waals surface area contributed by atoms with Gasteiger partial charge in [-0.15, -0.1) is 0 Å². The summed E-state index contributed by atoms with van der Waals surface area (Å²) in [5, 5.41) is 20.7. The summed E-state index contributed by atoms with van der Waals surface area (Å²) in [6.45, 7) is 1.08. The lowest BCUT2D eigenvalue weighted by atomic mass is 10.1. The standard InChI is InChI=1S/C15H17F5N2O4/c16-14(17,15(18,19)20)12-4-3-10(22(24)25)7-13(12)26-9-11(23)8-21-5-1-2-6-21/h3-4,7,11,23H,1-2,5-6,8-9H2/t11-/m1/s1. The Kier molecular flexibility index (Phi) is 6.02. The highest BCUT2D eigenvalue weighted by atomic mass is 19.4. The molecule has 1 aliphatic rings.